The first kappa shape index (κ1) is 18.1. The summed E-state index contributed by atoms with van der Waals surface area (Å²) in [5.74, 6) is 0.192. The lowest BCUT2D eigenvalue weighted by Gasteiger charge is -2.41. The number of aromatic nitrogens is 3. The van der Waals surface area contributed by atoms with E-state index in [2.05, 4.69) is 15.0 Å². The van der Waals surface area contributed by atoms with Crippen molar-refractivity contribution in [3.63, 3.8) is 0 Å². The van der Waals surface area contributed by atoms with Gasteiger partial charge in [0.05, 0.1) is 42.8 Å². The molecule has 1 atom stereocenters. The van der Waals surface area contributed by atoms with Crippen LogP contribution in [0.25, 0.3) is 0 Å². The van der Waals surface area contributed by atoms with Gasteiger partial charge < -0.3 is 14.5 Å². The van der Waals surface area contributed by atoms with E-state index < -0.39 is 0 Å². The first-order chi connectivity index (χ1) is 13.5. The van der Waals surface area contributed by atoms with Crippen LogP contribution in [0.1, 0.15) is 36.5 Å². The molecule has 0 aliphatic carbocycles. The number of hydrogen-bond donors (Lipinski definition) is 0. The number of amides is 1. The molecule has 2 aromatic heterocycles. The molecule has 1 fully saturated rings. The Bertz CT molecular complexity index is 969. The van der Waals surface area contributed by atoms with E-state index in [-0.39, 0.29) is 29.5 Å². The number of hydrogen-bond acceptors (Lipinski definition) is 7. The van der Waals surface area contributed by atoms with Crippen LogP contribution in [0.15, 0.2) is 18.5 Å². The molecule has 2 aliphatic heterocycles. The standard InChI is InChI=1S/C19H19FN6O2/c1-11-18-14(23-16(6-21)24-19(18)28-2)10-26(11)17(27)5-12-8-25(9-12)15-3-4-22-7-13(15)20/h3-4,7,11-12H,5,8-10H2,1-2H3. The summed E-state index contributed by atoms with van der Waals surface area (Å²) in [6.45, 7) is 3.49. The zero-order valence-corrected chi connectivity index (χ0v) is 15.6. The van der Waals surface area contributed by atoms with Gasteiger partial charge in [-0.05, 0) is 13.0 Å². The van der Waals surface area contributed by atoms with Gasteiger partial charge >= 0.3 is 0 Å². The van der Waals surface area contributed by atoms with Gasteiger partial charge in [-0.15, -0.1) is 0 Å². The summed E-state index contributed by atoms with van der Waals surface area (Å²) in [5.41, 5.74) is 1.92. The van der Waals surface area contributed by atoms with E-state index in [0.717, 1.165) is 5.56 Å². The van der Waals surface area contributed by atoms with E-state index in [1.807, 2.05) is 17.9 Å². The van der Waals surface area contributed by atoms with Gasteiger partial charge in [0, 0.05) is 31.6 Å². The minimum Gasteiger partial charge on any atom is -0.481 e. The number of anilines is 1. The predicted molar refractivity (Wildman–Crippen MR) is 96.8 cm³/mol. The van der Waals surface area contributed by atoms with Crippen LogP contribution in [-0.4, -0.2) is 46.0 Å². The van der Waals surface area contributed by atoms with Gasteiger partial charge in [-0.3, -0.25) is 9.78 Å². The highest BCUT2D eigenvalue weighted by Crippen LogP contribution is 2.38. The highest BCUT2D eigenvalue weighted by molar-refractivity contribution is 5.78. The molecule has 2 aromatic rings. The highest BCUT2D eigenvalue weighted by atomic mass is 19.1. The number of nitriles is 1. The summed E-state index contributed by atoms with van der Waals surface area (Å²) in [4.78, 5) is 28.6. The van der Waals surface area contributed by atoms with Gasteiger partial charge in [0.15, 0.2) is 5.82 Å². The third kappa shape index (κ3) is 3.01. The molecule has 1 amide bonds. The molecule has 4 rings (SSSR count). The number of carbonyl (C=O) groups excluding carboxylic acids is 1. The number of pyridine rings is 1. The number of carbonyl (C=O) groups is 1. The van der Waals surface area contributed by atoms with Gasteiger partial charge in [-0.1, -0.05) is 0 Å². The Balaban J connectivity index is 1.42. The van der Waals surface area contributed by atoms with Gasteiger partial charge in [-0.25, -0.2) is 9.37 Å². The molecule has 2 aliphatic rings. The van der Waals surface area contributed by atoms with E-state index in [9.17, 15) is 9.18 Å². The Labute approximate surface area is 161 Å². The Morgan fingerprint density at radius 3 is 2.89 bits per heavy atom. The van der Waals surface area contributed by atoms with E-state index in [1.54, 1.807) is 17.2 Å². The minimum absolute atomic E-state index is 0.00547. The molecule has 0 aromatic carbocycles. The number of nitrogens with zero attached hydrogens (tertiary/aromatic N) is 6. The summed E-state index contributed by atoms with van der Waals surface area (Å²) < 4.78 is 19.1. The summed E-state index contributed by atoms with van der Waals surface area (Å²) in [6.07, 6.45) is 3.13. The van der Waals surface area contributed by atoms with Crippen molar-refractivity contribution >= 4 is 11.6 Å². The Morgan fingerprint density at radius 1 is 1.43 bits per heavy atom. The normalized spacial score (nSPS) is 18.4. The van der Waals surface area contributed by atoms with Crippen molar-refractivity contribution < 1.29 is 13.9 Å². The van der Waals surface area contributed by atoms with Gasteiger partial charge in [0.1, 0.15) is 6.07 Å². The fraction of sp³-hybridized carbons (Fsp3) is 0.421. The van der Waals surface area contributed by atoms with Crippen LogP contribution in [0.2, 0.25) is 0 Å². The number of rotatable bonds is 4. The van der Waals surface area contributed by atoms with Crippen LogP contribution in [0.4, 0.5) is 10.1 Å². The molecule has 0 radical (unpaired) electrons. The first-order valence-electron chi connectivity index (χ1n) is 9.00. The molecule has 0 N–H and O–H groups in total. The van der Waals surface area contributed by atoms with Crippen LogP contribution in [-0.2, 0) is 11.3 Å². The molecule has 1 saturated heterocycles. The van der Waals surface area contributed by atoms with Crippen LogP contribution in [0.5, 0.6) is 5.88 Å². The minimum atomic E-state index is -0.352. The quantitative estimate of drug-likeness (QED) is 0.796. The maximum atomic E-state index is 13.8. The zero-order chi connectivity index (χ0) is 19.8. The lowest BCUT2D eigenvalue weighted by Crippen LogP contribution is -2.49. The second-order valence-corrected chi connectivity index (χ2v) is 7.03. The van der Waals surface area contributed by atoms with Crippen molar-refractivity contribution in [2.45, 2.75) is 25.9 Å². The molecule has 0 saturated carbocycles. The molecular formula is C19H19FN6O2. The Kier molecular flexibility index (Phi) is 4.55. The van der Waals surface area contributed by atoms with E-state index >= 15 is 0 Å². The lowest BCUT2D eigenvalue weighted by atomic mass is 9.94. The first-order valence-corrected chi connectivity index (χ1v) is 9.00. The molecule has 1 unspecified atom stereocenters. The van der Waals surface area contributed by atoms with Crippen LogP contribution in [0, 0.1) is 23.1 Å². The monoisotopic (exact) mass is 382 g/mol. The van der Waals surface area contributed by atoms with Gasteiger partial charge in [0.25, 0.3) is 0 Å². The topological polar surface area (TPSA) is 95.2 Å². The molecule has 9 heteroatoms. The third-order valence-electron chi connectivity index (χ3n) is 5.32. The van der Waals surface area contributed by atoms with Crippen molar-refractivity contribution in [1.82, 2.24) is 19.9 Å². The number of ether oxygens (including phenoxy) is 1. The maximum absolute atomic E-state index is 13.8. The third-order valence-corrected chi connectivity index (χ3v) is 5.32. The zero-order valence-electron chi connectivity index (χ0n) is 15.6. The smallest absolute Gasteiger partial charge is 0.235 e. The van der Waals surface area contributed by atoms with Crippen LogP contribution in [0.3, 0.4) is 0 Å². The summed E-state index contributed by atoms with van der Waals surface area (Å²) in [5, 5.41) is 9.08. The fourth-order valence-corrected chi connectivity index (χ4v) is 3.88. The molecule has 144 valence electrons. The molecule has 28 heavy (non-hydrogen) atoms. The average Bonchev–Trinajstić information content (AvgIpc) is 3.01. The van der Waals surface area contributed by atoms with E-state index in [0.29, 0.717) is 43.3 Å². The Morgan fingerprint density at radius 2 is 2.21 bits per heavy atom. The molecule has 0 bridgehead atoms. The largest absolute Gasteiger partial charge is 0.481 e. The molecule has 4 heterocycles. The number of halogens is 1. The van der Waals surface area contributed by atoms with Crippen molar-refractivity contribution in [3.8, 4) is 11.9 Å². The van der Waals surface area contributed by atoms with Crippen molar-refractivity contribution in [2.75, 3.05) is 25.1 Å². The summed E-state index contributed by atoms with van der Waals surface area (Å²) in [6, 6.07) is 3.34. The van der Waals surface area contributed by atoms with Crippen molar-refractivity contribution in [2.24, 2.45) is 5.92 Å². The molecule has 0 spiro atoms. The van der Waals surface area contributed by atoms with Crippen molar-refractivity contribution in [1.29, 1.82) is 5.26 Å². The SMILES string of the molecule is COc1nc(C#N)nc2c1C(C)N(C(=O)CC1CN(c3ccncc3F)C1)C2. The lowest BCUT2D eigenvalue weighted by molar-refractivity contribution is -0.134. The summed E-state index contributed by atoms with van der Waals surface area (Å²) in [7, 11) is 1.49. The molecular weight excluding hydrogens is 363 g/mol. The van der Waals surface area contributed by atoms with Gasteiger partial charge in [-0.2, -0.15) is 10.2 Å². The average molecular weight is 382 g/mol. The van der Waals surface area contributed by atoms with Crippen molar-refractivity contribution in [3.05, 3.63) is 41.4 Å². The second kappa shape index (κ2) is 7.03. The predicted octanol–water partition coefficient (Wildman–Crippen LogP) is 1.82. The fourth-order valence-electron chi connectivity index (χ4n) is 3.88. The number of methoxy groups -OCH3 is 1. The highest BCUT2D eigenvalue weighted by Gasteiger charge is 2.38. The number of fused-ring (bicyclic) bond motifs is 1. The summed E-state index contributed by atoms with van der Waals surface area (Å²) >= 11 is 0. The maximum Gasteiger partial charge on any atom is 0.235 e. The van der Waals surface area contributed by atoms with E-state index in [4.69, 9.17) is 10.00 Å². The van der Waals surface area contributed by atoms with Crippen LogP contribution >= 0.6 is 0 Å². The van der Waals surface area contributed by atoms with E-state index in [1.165, 1.54) is 13.3 Å². The molecule has 8 nitrogen and oxygen atoms in total. The second-order valence-electron chi connectivity index (χ2n) is 7.03. The van der Waals surface area contributed by atoms with Gasteiger partial charge in [0.2, 0.25) is 17.6 Å². The Hall–Kier alpha value is -3.28. The van der Waals surface area contributed by atoms with Crippen LogP contribution < -0.4 is 9.64 Å².